The van der Waals surface area contributed by atoms with E-state index in [1.807, 2.05) is 6.92 Å². The maximum atomic E-state index is 13.8. The van der Waals surface area contributed by atoms with Gasteiger partial charge in [0.2, 0.25) is 0 Å². The average molecular weight is 497 g/mol. The van der Waals surface area contributed by atoms with Crippen LogP contribution in [0.2, 0.25) is 0 Å². The van der Waals surface area contributed by atoms with Crippen LogP contribution in [0.1, 0.15) is 27.7 Å². The Bertz CT molecular complexity index is 1320. The van der Waals surface area contributed by atoms with Crippen molar-refractivity contribution in [1.29, 1.82) is 0 Å². The van der Waals surface area contributed by atoms with Crippen LogP contribution in [0.15, 0.2) is 56.7 Å². The highest BCUT2D eigenvalue weighted by molar-refractivity contribution is 6.11. The van der Waals surface area contributed by atoms with Crippen molar-refractivity contribution in [1.82, 2.24) is 0 Å². The Morgan fingerprint density at radius 3 is 1.94 bits per heavy atom. The first-order chi connectivity index (χ1) is 16.9. The zero-order chi connectivity index (χ0) is 27.0. The molecule has 4 atom stereocenters. The fourth-order valence-corrected chi connectivity index (χ4v) is 7.65. The van der Waals surface area contributed by atoms with Gasteiger partial charge in [-0.2, -0.15) is 0 Å². The predicted molar refractivity (Wildman–Crippen MR) is 125 cm³/mol. The zero-order valence-electron chi connectivity index (χ0n) is 21.5. The molecule has 9 heteroatoms. The topological polar surface area (TPSA) is 122 Å². The first kappa shape index (κ1) is 25.3. The molecule has 0 unspecified atom stereocenters. The first-order valence-corrected chi connectivity index (χ1v) is 11.3. The van der Waals surface area contributed by atoms with Crippen molar-refractivity contribution in [2.45, 2.75) is 27.7 Å². The van der Waals surface area contributed by atoms with E-state index in [4.69, 9.17) is 18.9 Å². The number of aldehydes is 1. The van der Waals surface area contributed by atoms with E-state index in [0.717, 1.165) is 0 Å². The smallest absolute Gasteiger partial charge is 0.338 e. The molecule has 4 aliphatic carbocycles. The van der Waals surface area contributed by atoms with E-state index >= 15 is 0 Å². The molecule has 0 radical (unpaired) electrons. The lowest BCUT2D eigenvalue weighted by molar-refractivity contribution is -0.156. The van der Waals surface area contributed by atoms with Crippen molar-refractivity contribution in [3.8, 4) is 0 Å². The monoisotopic (exact) mass is 496 g/mol. The molecule has 4 aliphatic rings. The molecule has 190 valence electrons. The third-order valence-electron chi connectivity index (χ3n) is 8.40. The Labute approximate surface area is 208 Å². The molecule has 4 rings (SSSR count). The van der Waals surface area contributed by atoms with Crippen molar-refractivity contribution in [3.63, 3.8) is 0 Å². The van der Waals surface area contributed by atoms with Gasteiger partial charge in [-0.05, 0) is 42.2 Å². The highest BCUT2D eigenvalue weighted by Crippen LogP contribution is 2.78. The molecule has 0 amide bonds. The van der Waals surface area contributed by atoms with Crippen molar-refractivity contribution < 1.29 is 42.9 Å². The fourth-order valence-electron chi connectivity index (χ4n) is 7.65. The summed E-state index contributed by atoms with van der Waals surface area (Å²) >= 11 is 0. The zero-order valence-corrected chi connectivity index (χ0v) is 21.5. The number of carbonyl (C=O) groups excluding carboxylic acids is 5. The molecule has 0 fully saturated rings. The molecule has 0 aliphatic heterocycles. The highest BCUT2D eigenvalue weighted by atomic mass is 16.5. The molecular formula is C27H28O9. The summed E-state index contributed by atoms with van der Waals surface area (Å²) < 4.78 is 20.6. The van der Waals surface area contributed by atoms with Gasteiger partial charge in [0, 0.05) is 22.3 Å². The van der Waals surface area contributed by atoms with Crippen LogP contribution in [0.3, 0.4) is 0 Å². The molecule has 0 aromatic heterocycles. The van der Waals surface area contributed by atoms with Gasteiger partial charge < -0.3 is 18.9 Å². The van der Waals surface area contributed by atoms with Gasteiger partial charge in [-0.1, -0.05) is 19.9 Å². The Kier molecular flexibility index (Phi) is 5.55. The van der Waals surface area contributed by atoms with Crippen LogP contribution in [0.5, 0.6) is 0 Å². The molecule has 36 heavy (non-hydrogen) atoms. The highest BCUT2D eigenvalue weighted by Gasteiger charge is 2.78. The molecule has 0 spiro atoms. The van der Waals surface area contributed by atoms with Crippen LogP contribution in [0.4, 0.5) is 0 Å². The van der Waals surface area contributed by atoms with E-state index in [-0.39, 0.29) is 27.9 Å². The van der Waals surface area contributed by atoms with Gasteiger partial charge in [0.25, 0.3) is 0 Å². The summed E-state index contributed by atoms with van der Waals surface area (Å²) in [5.41, 5.74) is -2.11. The van der Waals surface area contributed by atoms with Gasteiger partial charge in [-0.15, -0.1) is 0 Å². The number of esters is 4. The third-order valence-corrected chi connectivity index (χ3v) is 8.40. The van der Waals surface area contributed by atoms with Crippen LogP contribution in [0, 0.1) is 22.2 Å². The number of allylic oxidation sites excluding steroid dienone is 5. The quantitative estimate of drug-likeness (QED) is 0.321. The lowest BCUT2D eigenvalue weighted by Crippen LogP contribution is -2.54. The summed E-state index contributed by atoms with van der Waals surface area (Å²) in [6.45, 7) is 7.02. The Hall–Kier alpha value is -3.75. The molecule has 9 nitrogen and oxygen atoms in total. The normalized spacial score (nSPS) is 31.9. The first-order valence-electron chi connectivity index (χ1n) is 11.3. The predicted octanol–water partition coefficient (Wildman–Crippen LogP) is 2.33. The van der Waals surface area contributed by atoms with Gasteiger partial charge in [-0.25, -0.2) is 14.4 Å². The van der Waals surface area contributed by atoms with Crippen molar-refractivity contribution in [2.24, 2.45) is 22.2 Å². The number of hydrogen-bond acceptors (Lipinski definition) is 9. The van der Waals surface area contributed by atoms with Gasteiger partial charge in [0.15, 0.2) is 0 Å². The summed E-state index contributed by atoms with van der Waals surface area (Å²) in [5.74, 6) is -4.03. The van der Waals surface area contributed by atoms with Gasteiger partial charge in [0.1, 0.15) is 11.7 Å². The Balaban J connectivity index is 2.36. The number of hydrogen-bond donors (Lipinski definition) is 0. The van der Waals surface area contributed by atoms with Gasteiger partial charge >= 0.3 is 23.9 Å². The summed E-state index contributed by atoms with van der Waals surface area (Å²) in [7, 11) is 4.76. The SMILES string of the molecule is COC(=O)C1=C[C@@]2(C)C(C(=O)OC)=C(C(=O)OC)C3=C(C=O)C=C(C)C4=C(C)[C@]1(C(=O)OC)[C@@H]2[C@@]34C. The van der Waals surface area contributed by atoms with Crippen molar-refractivity contribution >= 4 is 30.2 Å². The van der Waals surface area contributed by atoms with Crippen LogP contribution in [-0.4, -0.2) is 58.6 Å². The van der Waals surface area contributed by atoms with E-state index in [1.165, 1.54) is 34.5 Å². The molecule has 0 saturated heterocycles. The molecule has 0 saturated carbocycles. The Morgan fingerprint density at radius 1 is 0.861 bits per heavy atom. The van der Waals surface area contributed by atoms with Crippen molar-refractivity contribution in [3.05, 3.63) is 56.7 Å². The largest absolute Gasteiger partial charge is 0.468 e. The van der Waals surface area contributed by atoms with E-state index in [2.05, 4.69) is 0 Å². The third kappa shape index (κ3) is 2.52. The molecular weight excluding hydrogens is 468 g/mol. The van der Waals surface area contributed by atoms with Crippen LogP contribution < -0.4 is 0 Å². The minimum atomic E-state index is -1.65. The average Bonchev–Trinajstić information content (AvgIpc) is 3.28. The maximum Gasteiger partial charge on any atom is 0.338 e. The lowest BCUT2D eigenvalue weighted by atomic mass is 9.47. The van der Waals surface area contributed by atoms with E-state index in [1.54, 1.807) is 26.8 Å². The van der Waals surface area contributed by atoms with E-state index in [9.17, 15) is 24.0 Å². The Morgan fingerprint density at radius 2 is 1.44 bits per heavy atom. The second-order valence-electron chi connectivity index (χ2n) is 9.78. The lowest BCUT2D eigenvalue weighted by Gasteiger charge is -2.53. The number of rotatable bonds is 5. The standard InChI is InChI=1S/C27H28O9/c1-12-9-14(11-28)18-16(21(30)34-6)19(22(31)35-7)25(3)10-15(20(29)33-5)27(24(32)36-8)13(2)17(12)26(18,4)23(25)27/h9-11,23H,1-8H3/t23-,25-,26+,27+/m0/s1. The summed E-state index contributed by atoms with van der Waals surface area (Å²) in [5, 5.41) is 0. The summed E-state index contributed by atoms with van der Waals surface area (Å²) in [6.07, 6.45) is 3.72. The minimum Gasteiger partial charge on any atom is -0.468 e. The molecule has 0 aromatic rings. The minimum absolute atomic E-state index is 0.00250. The fraction of sp³-hybridized carbons (Fsp3) is 0.444. The number of methoxy groups -OCH3 is 4. The number of carbonyl (C=O) groups is 5. The van der Waals surface area contributed by atoms with Crippen LogP contribution >= 0.6 is 0 Å². The second kappa shape index (κ2) is 7.88. The summed E-state index contributed by atoms with van der Waals surface area (Å²) in [6, 6.07) is 0. The molecule has 0 N–H and O–H groups in total. The maximum absolute atomic E-state index is 13.8. The van der Waals surface area contributed by atoms with Gasteiger partial charge in [0.05, 0.1) is 45.2 Å². The molecule has 0 aromatic carbocycles. The van der Waals surface area contributed by atoms with Crippen LogP contribution in [0.25, 0.3) is 0 Å². The molecule has 0 bridgehead atoms. The number of ether oxygens (including phenoxy) is 4. The van der Waals surface area contributed by atoms with Crippen LogP contribution in [-0.2, 0) is 42.9 Å². The van der Waals surface area contributed by atoms with Crippen molar-refractivity contribution in [2.75, 3.05) is 28.4 Å². The summed E-state index contributed by atoms with van der Waals surface area (Å²) in [4.78, 5) is 66.2. The molecule has 0 heterocycles. The van der Waals surface area contributed by atoms with E-state index < -0.39 is 46.0 Å². The van der Waals surface area contributed by atoms with E-state index in [0.29, 0.717) is 23.0 Å². The van der Waals surface area contributed by atoms with Gasteiger partial charge in [-0.3, -0.25) is 9.59 Å². The second-order valence-corrected chi connectivity index (χ2v) is 9.78.